The maximum atomic E-state index is 11.6. The molecular weight excluding hydrogens is 322 g/mol. The minimum atomic E-state index is -1.32. The Kier molecular flexibility index (Phi) is 5.21. The SMILES string of the molecule is C[SiH](C)Oc1c(C(N)=O)ccc(CBr)c1C(C)(C)C. The molecule has 1 aromatic carbocycles. The number of carbonyl (C=O) groups is 1. The van der Waals surface area contributed by atoms with Gasteiger partial charge in [-0.25, -0.2) is 0 Å². The first-order valence-corrected chi connectivity index (χ1v) is 10.3. The van der Waals surface area contributed by atoms with Crippen LogP contribution in [0.15, 0.2) is 12.1 Å². The van der Waals surface area contributed by atoms with E-state index in [4.69, 9.17) is 10.2 Å². The number of rotatable bonds is 4. The lowest BCUT2D eigenvalue weighted by Crippen LogP contribution is -2.24. The van der Waals surface area contributed by atoms with Gasteiger partial charge in [-0.1, -0.05) is 42.8 Å². The summed E-state index contributed by atoms with van der Waals surface area (Å²) >= 11 is 3.50. The normalized spacial score (nSPS) is 11.7. The molecule has 0 unspecified atom stereocenters. The van der Waals surface area contributed by atoms with Crippen LogP contribution in [0, 0.1) is 0 Å². The third-order valence-corrected chi connectivity index (χ3v) is 4.07. The first kappa shape index (κ1) is 16.2. The highest BCUT2D eigenvalue weighted by Crippen LogP contribution is 2.38. The molecular formula is C14H22BrNO2Si. The van der Waals surface area contributed by atoms with Gasteiger partial charge in [0.2, 0.25) is 9.04 Å². The molecule has 0 spiro atoms. The molecule has 106 valence electrons. The molecule has 0 aliphatic heterocycles. The van der Waals surface area contributed by atoms with Crippen LogP contribution in [0.5, 0.6) is 5.75 Å². The molecule has 0 heterocycles. The number of hydrogen-bond acceptors (Lipinski definition) is 2. The lowest BCUT2D eigenvalue weighted by Gasteiger charge is -2.28. The van der Waals surface area contributed by atoms with Crippen LogP contribution in [-0.4, -0.2) is 14.9 Å². The van der Waals surface area contributed by atoms with E-state index >= 15 is 0 Å². The average molecular weight is 344 g/mol. The summed E-state index contributed by atoms with van der Waals surface area (Å²) in [6.07, 6.45) is 0. The van der Waals surface area contributed by atoms with Crippen molar-refractivity contribution in [3.05, 3.63) is 28.8 Å². The van der Waals surface area contributed by atoms with Gasteiger partial charge in [0, 0.05) is 10.9 Å². The van der Waals surface area contributed by atoms with Gasteiger partial charge in [-0.2, -0.15) is 0 Å². The summed E-state index contributed by atoms with van der Waals surface area (Å²) in [7, 11) is -1.32. The second-order valence-electron chi connectivity index (χ2n) is 5.89. The van der Waals surface area contributed by atoms with Crippen molar-refractivity contribution < 1.29 is 9.22 Å². The zero-order valence-electron chi connectivity index (χ0n) is 12.2. The van der Waals surface area contributed by atoms with Crippen molar-refractivity contribution in [2.45, 2.75) is 44.6 Å². The summed E-state index contributed by atoms with van der Waals surface area (Å²) in [5.74, 6) is 0.245. The van der Waals surface area contributed by atoms with E-state index in [1.165, 1.54) is 0 Å². The molecule has 0 aliphatic rings. The van der Waals surface area contributed by atoms with E-state index < -0.39 is 14.9 Å². The lowest BCUT2D eigenvalue weighted by molar-refractivity contribution is 0.0998. The van der Waals surface area contributed by atoms with E-state index in [2.05, 4.69) is 49.8 Å². The highest BCUT2D eigenvalue weighted by Gasteiger charge is 2.26. The summed E-state index contributed by atoms with van der Waals surface area (Å²) in [6.45, 7) is 10.5. The van der Waals surface area contributed by atoms with Crippen LogP contribution in [0.25, 0.3) is 0 Å². The van der Waals surface area contributed by atoms with Crippen molar-refractivity contribution in [2.75, 3.05) is 0 Å². The first-order valence-electron chi connectivity index (χ1n) is 6.37. The molecule has 0 radical (unpaired) electrons. The second kappa shape index (κ2) is 6.09. The van der Waals surface area contributed by atoms with Gasteiger partial charge in [-0.3, -0.25) is 4.79 Å². The van der Waals surface area contributed by atoms with Crippen molar-refractivity contribution >= 4 is 30.9 Å². The molecule has 0 fully saturated rings. The van der Waals surface area contributed by atoms with E-state index in [-0.39, 0.29) is 5.41 Å². The fraction of sp³-hybridized carbons (Fsp3) is 0.500. The van der Waals surface area contributed by atoms with Gasteiger partial charge in [0.25, 0.3) is 5.91 Å². The van der Waals surface area contributed by atoms with Crippen molar-refractivity contribution in [2.24, 2.45) is 5.73 Å². The van der Waals surface area contributed by atoms with E-state index in [9.17, 15) is 4.79 Å². The van der Waals surface area contributed by atoms with Crippen molar-refractivity contribution in [3.8, 4) is 5.75 Å². The monoisotopic (exact) mass is 343 g/mol. The first-order chi connectivity index (χ1) is 8.68. The number of halogens is 1. The van der Waals surface area contributed by atoms with Gasteiger partial charge in [-0.15, -0.1) is 0 Å². The molecule has 0 bridgehead atoms. The minimum absolute atomic E-state index is 0.104. The minimum Gasteiger partial charge on any atom is -0.546 e. The fourth-order valence-corrected chi connectivity index (χ4v) is 3.29. The fourth-order valence-electron chi connectivity index (χ4n) is 2.11. The predicted octanol–water partition coefficient (Wildman–Crippen LogP) is 3.34. The Balaban J connectivity index is 3.61. The third-order valence-electron chi connectivity index (χ3n) is 2.76. The highest BCUT2D eigenvalue weighted by molar-refractivity contribution is 9.08. The summed E-state index contributed by atoms with van der Waals surface area (Å²) in [5.41, 5.74) is 8.07. The Bertz CT molecular complexity index is 481. The van der Waals surface area contributed by atoms with Crippen LogP contribution in [0.2, 0.25) is 13.1 Å². The molecule has 0 aromatic heterocycles. The molecule has 0 saturated carbocycles. The van der Waals surface area contributed by atoms with Gasteiger partial charge in [-0.05, 0) is 30.1 Å². The lowest BCUT2D eigenvalue weighted by atomic mass is 9.82. The molecule has 19 heavy (non-hydrogen) atoms. The molecule has 1 amide bonds. The molecule has 2 N–H and O–H groups in total. The summed E-state index contributed by atoms with van der Waals surface area (Å²) < 4.78 is 6.02. The van der Waals surface area contributed by atoms with E-state index in [1.54, 1.807) is 6.07 Å². The largest absolute Gasteiger partial charge is 0.546 e. The van der Waals surface area contributed by atoms with Gasteiger partial charge in [0.1, 0.15) is 5.75 Å². The topological polar surface area (TPSA) is 52.3 Å². The maximum Gasteiger partial charge on any atom is 0.252 e. The quantitative estimate of drug-likeness (QED) is 0.673. The Labute approximate surface area is 125 Å². The third kappa shape index (κ3) is 3.83. The number of alkyl halides is 1. The van der Waals surface area contributed by atoms with Gasteiger partial charge >= 0.3 is 0 Å². The molecule has 1 rings (SSSR count). The smallest absolute Gasteiger partial charge is 0.252 e. The van der Waals surface area contributed by atoms with Crippen molar-refractivity contribution in [3.63, 3.8) is 0 Å². The number of carbonyl (C=O) groups excluding carboxylic acids is 1. The Hall–Kier alpha value is -0.813. The molecule has 0 aliphatic carbocycles. The predicted molar refractivity (Wildman–Crippen MR) is 85.8 cm³/mol. The van der Waals surface area contributed by atoms with Crippen LogP contribution >= 0.6 is 15.9 Å². The average Bonchev–Trinajstić information content (AvgIpc) is 2.25. The number of amides is 1. The second-order valence-corrected chi connectivity index (χ2v) is 8.78. The van der Waals surface area contributed by atoms with Gasteiger partial charge < -0.3 is 10.2 Å². The molecule has 3 nitrogen and oxygen atoms in total. The highest BCUT2D eigenvalue weighted by atomic mass is 79.9. The van der Waals surface area contributed by atoms with Crippen LogP contribution in [0.3, 0.4) is 0 Å². The zero-order valence-corrected chi connectivity index (χ0v) is 15.0. The van der Waals surface area contributed by atoms with E-state index in [0.717, 1.165) is 16.5 Å². The van der Waals surface area contributed by atoms with Crippen LogP contribution < -0.4 is 10.2 Å². The van der Waals surface area contributed by atoms with Crippen LogP contribution in [-0.2, 0) is 10.7 Å². The van der Waals surface area contributed by atoms with Crippen LogP contribution in [0.1, 0.15) is 42.3 Å². The Morgan fingerprint density at radius 1 is 1.37 bits per heavy atom. The molecule has 1 aromatic rings. The Morgan fingerprint density at radius 3 is 2.32 bits per heavy atom. The summed E-state index contributed by atoms with van der Waals surface area (Å²) in [5, 5.41) is 0.731. The summed E-state index contributed by atoms with van der Waals surface area (Å²) in [6, 6.07) is 3.71. The van der Waals surface area contributed by atoms with Gasteiger partial charge in [0.15, 0.2) is 0 Å². The number of hydrogen-bond donors (Lipinski definition) is 1. The molecule has 0 atom stereocenters. The number of nitrogens with two attached hydrogens (primary N) is 1. The van der Waals surface area contributed by atoms with Crippen LogP contribution in [0.4, 0.5) is 0 Å². The Morgan fingerprint density at radius 2 is 1.95 bits per heavy atom. The summed E-state index contributed by atoms with van der Waals surface area (Å²) in [4.78, 5) is 11.6. The standard InChI is InChI=1S/C14H22BrNO2Si/c1-14(2,3)11-9(8-15)6-7-10(13(16)17)12(11)18-19(4)5/h6-7,19H,8H2,1-5H3,(H2,16,17). The van der Waals surface area contributed by atoms with Gasteiger partial charge in [0.05, 0.1) is 5.56 Å². The van der Waals surface area contributed by atoms with E-state index in [0.29, 0.717) is 11.3 Å². The molecule has 0 saturated heterocycles. The van der Waals surface area contributed by atoms with Crippen molar-refractivity contribution in [1.29, 1.82) is 0 Å². The number of benzene rings is 1. The zero-order chi connectivity index (χ0) is 14.8. The van der Waals surface area contributed by atoms with Crippen molar-refractivity contribution in [1.82, 2.24) is 0 Å². The molecule has 5 heteroatoms. The number of primary amides is 1. The maximum absolute atomic E-state index is 11.6. The van der Waals surface area contributed by atoms with E-state index in [1.807, 2.05) is 6.07 Å².